The fourth-order valence-corrected chi connectivity index (χ4v) is 2.21. The van der Waals surface area contributed by atoms with Gasteiger partial charge < -0.3 is 4.74 Å². The van der Waals surface area contributed by atoms with Crippen LogP contribution in [0.1, 0.15) is 5.56 Å². The van der Waals surface area contributed by atoms with Gasteiger partial charge in [-0.05, 0) is 23.9 Å². The van der Waals surface area contributed by atoms with Crippen LogP contribution >= 0.6 is 11.3 Å². The third kappa shape index (κ3) is 1.29. The molecule has 3 heteroatoms. The summed E-state index contributed by atoms with van der Waals surface area (Å²) >= 11 is 1.34. The number of benzene rings is 1. The van der Waals surface area contributed by atoms with Gasteiger partial charge in [-0.25, -0.2) is 4.39 Å². The van der Waals surface area contributed by atoms with Crippen molar-refractivity contribution in [1.82, 2.24) is 0 Å². The van der Waals surface area contributed by atoms with Gasteiger partial charge in [0.2, 0.25) is 0 Å². The zero-order valence-electron chi connectivity index (χ0n) is 7.43. The summed E-state index contributed by atoms with van der Waals surface area (Å²) < 4.78 is 19.2. The molecule has 0 saturated heterocycles. The molecule has 0 aliphatic heterocycles. The lowest BCUT2D eigenvalue weighted by molar-refractivity contribution is 0.427. The summed E-state index contributed by atoms with van der Waals surface area (Å²) in [5.41, 5.74) is 0.678. The number of thiophene rings is 1. The summed E-state index contributed by atoms with van der Waals surface area (Å²) in [6.45, 7) is 1.76. The van der Waals surface area contributed by atoms with E-state index in [4.69, 9.17) is 4.74 Å². The molecule has 0 spiro atoms. The summed E-state index contributed by atoms with van der Waals surface area (Å²) in [5, 5.41) is 1.66. The summed E-state index contributed by atoms with van der Waals surface area (Å²) in [7, 11) is 1.59. The smallest absolute Gasteiger partial charge is 0.174 e. The number of methoxy groups -OCH3 is 1. The Morgan fingerprint density at radius 3 is 2.85 bits per heavy atom. The molecule has 68 valence electrons. The van der Waals surface area contributed by atoms with Gasteiger partial charge in [-0.2, -0.15) is 0 Å². The van der Waals surface area contributed by atoms with E-state index in [9.17, 15) is 4.39 Å². The number of halogens is 1. The van der Waals surface area contributed by atoms with E-state index in [2.05, 4.69) is 0 Å². The number of fused-ring (bicyclic) bond motifs is 1. The molecule has 0 radical (unpaired) electrons. The van der Waals surface area contributed by atoms with Gasteiger partial charge in [0.15, 0.2) is 5.06 Å². The summed E-state index contributed by atoms with van der Waals surface area (Å²) in [4.78, 5) is 0. The van der Waals surface area contributed by atoms with Gasteiger partial charge in [0.1, 0.15) is 5.82 Å². The number of hydrogen-bond donors (Lipinski definition) is 0. The maximum Gasteiger partial charge on any atom is 0.174 e. The van der Waals surface area contributed by atoms with Crippen LogP contribution in [-0.2, 0) is 0 Å². The number of ether oxygens (including phenoxy) is 1. The SMILES string of the molecule is COc1cc2ccc(C)c(F)c2s1. The molecule has 13 heavy (non-hydrogen) atoms. The van der Waals surface area contributed by atoms with Crippen molar-refractivity contribution in [2.45, 2.75) is 6.92 Å². The van der Waals surface area contributed by atoms with E-state index < -0.39 is 0 Å². The fraction of sp³-hybridized carbons (Fsp3) is 0.200. The average Bonchev–Trinajstić information content (AvgIpc) is 2.55. The highest BCUT2D eigenvalue weighted by Gasteiger charge is 2.08. The monoisotopic (exact) mass is 196 g/mol. The molecule has 0 N–H and O–H groups in total. The molecule has 0 unspecified atom stereocenters. The lowest BCUT2D eigenvalue weighted by Gasteiger charge is -1.95. The quantitative estimate of drug-likeness (QED) is 0.679. The molecule has 1 nitrogen and oxygen atoms in total. The van der Waals surface area contributed by atoms with Crippen molar-refractivity contribution in [3.8, 4) is 5.06 Å². The van der Waals surface area contributed by atoms with Crippen LogP contribution in [0.5, 0.6) is 5.06 Å². The first kappa shape index (κ1) is 8.51. The van der Waals surface area contributed by atoms with Crippen molar-refractivity contribution >= 4 is 21.4 Å². The van der Waals surface area contributed by atoms with E-state index in [1.54, 1.807) is 20.1 Å². The molecule has 1 aromatic carbocycles. The maximum atomic E-state index is 13.5. The van der Waals surface area contributed by atoms with Gasteiger partial charge in [-0.3, -0.25) is 0 Å². The molecule has 2 aromatic rings. The van der Waals surface area contributed by atoms with E-state index in [0.717, 1.165) is 10.4 Å². The molecule has 0 aliphatic rings. The Hall–Kier alpha value is -1.09. The van der Waals surface area contributed by atoms with Gasteiger partial charge >= 0.3 is 0 Å². The molecule has 0 fully saturated rings. The highest BCUT2D eigenvalue weighted by atomic mass is 32.1. The Balaban J connectivity index is 2.76. The summed E-state index contributed by atoms with van der Waals surface area (Å²) in [6.07, 6.45) is 0. The van der Waals surface area contributed by atoms with Gasteiger partial charge in [-0.1, -0.05) is 23.5 Å². The molecule has 0 aliphatic carbocycles. The zero-order valence-corrected chi connectivity index (χ0v) is 8.24. The fourth-order valence-electron chi connectivity index (χ4n) is 1.24. The Bertz CT molecular complexity index is 447. The van der Waals surface area contributed by atoms with E-state index in [1.807, 2.05) is 12.1 Å². The van der Waals surface area contributed by atoms with Crippen molar-refractivity contribution in [3.63, 3.8) is 0 Å². The van der Waals surface area contributed by atoms with Crippen LogP contribution in [0.25, 0.3) is 10.1 Å². The van der Waals surface area contributed by atoms with Gasteiger partial charge in [0.05, 0.1) is 11.8 Å². The van der Waals surface area contributed by atoms with Crippen LogP contribution in [0.2, 0.25) is 0 Å². The third-order valence-corrected chi connectivity index (χ3v) is 3.10. The molecule has 1 heterocycles. The second-order valence-corrected chi connectivity index (χ2v) is 3.90. The van der Waals surface area contributed by atoms with Crippen LogP contribution in [0.4, 0.5) is 4.39 Å². The van der Waals surface area contributed by atoms with E-state index in [0.29, 0.717) is 10.3 Å². The Morgan fingerprint density at radius 2 is 2.15 bits per heavy atom. The normalized spacial score (nSPS) is 10.7. The van der Waals surface area contributed by atoms with E-state index >= 15 is 0 Å². The predicted molar refractivity (Wildman–Crippen MR) is 53.1 cm³/mol. The minimum Gasteiger partial charge on any atom is -0.487 e. The van der Waals surface area contributed by atoms with E-state index in [1.165, 1.54) is 11.3 Å². The lowest BCUT2D eigenvalue weighted by atomic mass is 10.2. The van der Waals surface area contributed by atoms with Crippen LogP contribution < -0.4 is 4.74 Å². The number of aryl methyl sites for hydroxylation is 1. The van der Waals surface area contributed by atoms with Crippen molar-refractivity contribution in [3.05, 3.63) is 29.6 Å². The third-order valence-electron chi connectivity index (χ3n) is 2.00. The van der Waals surface area contributed by atoms with Crippen LogP contribution in [0.3, 0.4) is 0 Å². The number of hydrogen-bond acceptors (Lipinski definition) is 2. The predicted octanol–water partition coefficient (Wildman–Crippen LogP) is 3.36. The highest BCUT2D eigenvalue weighted by Crippen LogP contribution is 2.34. The van der Waals surface area contributed by atoms with Gasteiger partial charge in [-0.15, -0.1) is 0 Å². The summed E-state index contributed by atoms with van der Waals surface area (Å²) in [5.74, 6) is -0.134. The van der Waals surface area contributed by atoms with Crippen molar-refractivity contribution in [2.75, 3.05) is 7.11 Å². The second-order valence-electron chi connectivity index (χ2n) is 2.88. The molecule has 0 atom stereocenters. The van der Waals surface area contributed by atoms with Gasteiger partial charge in [0.25, 0.3) is 0 Å². The zero-order chi connectivity index (χ0) is 9.42. The maximum absolute atomic E-state index is 13.5. The standard InChI is InChI=1S/C10H9FOS/c1-6-3-4-7-5-8(12-2)13-10(7)9(6)11/h3-5H,1-2H3. The first-order valence-corrected chi connectivity index (χ1v) is 4.76. The average molecular weight is 196 g/mol. The minimum absolute atomic E-state index is 0.134. The molecule has 0 bridgehead atoms. The first-order valence-electron chi connectivity index (χ1n) is 3.95. The first-order chi connectivity index (χ1) is 6.22. The van der Waals surface area contributed by atoms with Crippen LogP contribution in [-0.4, -0.2) is 7.11 Å². The Morgan fingerprint density at radius 1 is 1.38 bits per heavy atom. The van der Waals surface area contributed by atoms with Crippen molar-refractivity contribution < 1.29 is 9.13 Å². The molecule has 1 aromatic heterocycles. The summed E-state index contributed by atoms with van der Waals surface area (Å²) in [6, 6.07) is 5.54. The van der Waals surface area contributed by atoms with Crippen LogP contribution in [0, 0.1) is 12.7 Å². The molecular weight excluding hydrogens is 187 g/mol. The largest absolute Gasteiger partial charge is 0.487 e. The highest BCUT2D eigenvalue weighted by molar-refractivity contribution is 7.20. The lowest BCUT2D eigenvalue weighted by Crippen LogP contribution is -1.79. The molecule has 0 saturated carbocycles. The van der Waals surface area contributed by atoms with Crippen molar-refractivity contribution in [1.29, 1.82) is 0 Å². The van der Waals surface area contributed by atoms with E-state index in [-0.39, 0.29) is 5.82 Å². The van der Waals surface area contributed by atoms with Crippen LogP contribution in [0.15, 0.2) is 18.2 Å². The number of rotatable bonds is 1. The Labute approximate surface area is 79.8 Å². The second kappa shape index (κ2) is 3.00. The molecule has 2 rings (SSSR count). The molecule has 0 amide bonds. The van der Waals surface area contributed by atoms with Gasteiger partial charge in [0, 0.05) is 0 Å². The Kier molecular flexibility index (Phi) is 1.96. The minimum atomic E-state index is -0.134. The topological polar surface area (TPSA) is 9.23 Å². The molecular formula is C10H9FOS. The van der Waals surface area contributed by atoms with Crippen molar-refractivity contribution in [2.24, 2.45) is 0 Å².